The van der Waals surface area contributed by atoms with E-state index in [0.29, 0.717) is 5.92 Å². The maximum absolute atomic E-state index is 4.68. The van der Waals surface area contributed by atoms with Crippen molar-refractivity contribution >= 4 is 11.9 Å². The molecule has 0 bridgehead atoms. The summed E-state index contributed by atoms with van der Waals surface area (Å²) in [6.07, 6.45) is 6.01. The van der Waals surface area contributed by atoms with Gasteiger partial charge in [-0.3, -0.25) is 4.99 Å². The van der Waals surface area contributed by atoms with E-state index in [1.54, 1.807) is 12.4 Å². The fourth-order valence-corrected chi connectivity index (χ4v) is 2.58. The predicted octanol–water partition coefficient (Wildman–Crippen LogP) is 1.27. The van der Waals surface area contributed by atoms with Gasteiger partial charge in [0.25, 0.3) is 0 Å². The van der Waals surface area contributed by atoms with Crippen LogP contribution in [0.3, 0.4) is 0 Å². The van der Waals surface area contributed by atoms with Gasteiger partial charge in [-0.05, 0) is 38.7 Å². The molecule has 2 rings (SSSR count). The molecule has 0 spiro atoms. The number of nitrogens with zero attached hydrogens (tertiary/aromatic N) is 4. The van der Waals surface area contributed by atoms with Crippen LogP contribution in [0.1, 0.15) is 26.7 Å². The van der Waals surface area contributed by atoms with Gasteiger partial charge in [0.2, 0.25) is 5.95 Å². The fraction of sp³-hybridized carbons (Fsp3) is 0.667. The minimum atomic E-state index is 0.565. The standard InChI is InChI=1S/C15H26N6/c1-3-16-14(17-4-2)20-11-13-7-5-10-21(12-13)15-18-8-6-9-19-15/h6,8-9,13H,3-5,7,10-12H2,1-2H3,(H2,16,17,20)/t13-/m0/s1. The molecule has 116 valence electrons. The third-order valence-electron chi connectivity index (χ3n) is 3.55. The summed E-state index contributed by atoms with van der Waals surface area (Å²) in [5.41, 5.74) is 0. The van der Waals surface area contributed by atoms with Crippen LogP contribution in [0.5, 0.6) is 0 Å². The number of aromatic nitrogens is 2. The van der Waals surface area contributed by atoms with Crippen LogP contribution in [0.2, 0.25) is 0 Å². The van der Waals surface area contributed by atoms with Gasteiger partial charge in [-0.2, -0.15) is 0 Å². The largest absolute Gasteiger partial charge is 0.357 e. The number of guanidine groups is 1. The number of anilines is 1. The first-order chi connectivity index (χ1) is 10.3. The van der Waals surface area contributed by atoms with Crippen LogP contribution in [0, 0.1) is 5.92 Å². The van der Waals surface area contributed by atoms with Gasteiger partial charge in [0.15, 0.2) is 5.96 Å². The summed E-state index contributed by atoms with van der Waals surface area (Å²) in [5.74, 6) is 2.31. The molecule has 1 aromatic heterocycles. The fourth-order valence-electron chi connectivity index (χ4n) is 2.58. The SMILES string of the molecule is CCNC(=NC[C@@H]1CCCN(c2ncccn2)C1)NCC. The number of hydrogen-bond donors (Lipinski definition) is 2. The first kappa shape index (κ1) is 15.5. The molecule has 1 aromatic rings. The van der Waals surface area contributed by atoms with Crippen molar-refractivity contribution in [2.24, 2.45) is 10.9 Å². The van der Waals surface area contributed by atoms with Gasteiger partial charge >= 0.3 is 0 Å². The Labute approximate surface area is 127 Å². The monoisotopic (exact) mass is 290 g/mol. The van der Waals surface area contributed by atoms with E-state index >= 15 is 0 Å². The zero-order valence-corrected chi connectivity index (χ0v) is 13.0. The van der Waals surface area contributed by atoms with Gasteiger partial charge in [0.05, 0.1) is 0 Å². The molecule has 0 aromatic carbocycles. The molecule has 0 amide bonds. The highest BCUT2D eigenvalue weighted by Gasteiger charge is 2.21. The first-order valence-corrected chi connectivity index (χ1v) is 7.87. The van der Waals surface area contributed by atoms with E-state index in [9.17, 15) is 0 Å². The van der Waals surface area contributed by atoms with Crippen LogP contribution < -0.4 is 15.5 Å². The minimum Gasteiger partial charge on any atom is -0.357 e. The second kappa shape index (κ2) is 8.44. The minimum absolute atomic E-state index is 0.565. The van der Waals surface area contributed by atoms with Crippen LogP contribution in [-0.2, 0) is 0 Å². The molecule has 2 N–H and O–H groups in total. The lowest BCUT2D eigenvalue weighted by Crippen LogP contribution is -2.40. The average molecular weight is 290 g/mol. The Morgan fingerprint density at radius 1 is 1.29 bits per heavy atom. The van der Waals surface area contributed by atoms with Crippen LogP contribution in [0.15, 0.2) is 23.5 Å². The molecule has 6 nitrogen and oxygen atoms in total. The molecule has 1 atom stereocenters. The van der Waals surface area contributed by atoms with Crippen molar-refractivity contribution in [2.45, 2.75) is 26.7 Å². The highest BCUT2D eigenvalue weighted by atomic mass is 15.3. The average Bonchev–Trinajstić information content (AvgIpc) is 2.54. The second-order valence-electron chi connectivity index (χ2n) is 5.25. The van der Waals surface area contributed by atoms with E-state index in [0.717, 1.165) is 44.6 Å². The normalized spacial score (nSPS) is 18.2. The lowest BCUT2D eigenvalue weighted by atomic mass is 9.98. The van der Waals surface area contributed by atoms with E-state index in [4.69, 9.17) is 0 Å². The molecule has 0 unspecified atom stereocenters. The Morgan fingerprint density at radius 3 is 2.67 bits per heavy atom. The molecular weight excluding hydrogens is 264 g/mol. The molecule has 21 heavy (non-hydrogen) atoms. The van der Waals surface area contributed by atoms with E-state index in [2.05, 4.69) is 44.3 Å². The lowest BCUT2D eigenvalue weighted by molar-refractivity contribution is 0.419. The number of piperidine rings is 1. The van der Waals surface area contributed by atoms with Crippen LogP contribution in [0.4, 0.5) is 5.95 Å². The van der Waals surface area contributed by atoms with E-state index in [-0.39, 0.29) is 0 Å². The maximum atomic E-state index is 4.68. The Morgan fingerprint density at radius 2 is 2.00 bits per heavy atom. The zero-order valence-electron chi connectivity index (χ0n) is 13.0. The van der Waals surface area contributed by atoms with Gasteiger partial charge < -0.3 is 15.5 Å². The molecule has 1 saturated heterocycles. The first-order valence-electron chi connectivity index (χ1n) is 7.87. The Balaban J connectivity index is 1.90. The van der Waals surface area contributed by atoms with Crippen LogP contribution in [-0.4, -0.2) is 48.7 Å². The quantitative estimate of drug-likeness (QED) is 0.631. The summed E-state index contributed by atoms with van der Waals surface area (Å²) in [5, 5.41) is 6.53. The van der Waals surface area contributed by atoms with E-state index in [1.165, 1.54) is 12.8 Å². The van der Waals surface area contributed by atoms with E-state index in [1.807, 2.05) is 6.07 Å². The molecule has 0 saturated carbocycles. The summed E-state index contributed by atoms with van der Waals surface area (Å²) < 4.78 is 0. The van der Waals surface area contributed by atoms with Gasteiger partial charge in [-0.25, -0.2) is 9.97 Å². The molecule has 0 radical (unpaired) electrons. The second-order valence-corrected chi connectivity index (χ2v) is 5.25. The Bertz CT molecular complexity index is 425. The number of nitrogens with one attached hydrogen (secondary N) is 2. The summed E-state index contributed by atoms with van der Waals surface area (Å²) in [4.78, 5) is 15.6. The third-order valence-corrected chi connectivity index (χ3v) is 3.55. The van der Waals surface area contributed by atoms with Crippen molar-refractivity contribution in [2.75, 3.05) is 37.6 Å². The predicted molar refractivity (Wildman–Crippen MR) is 86.6 cm³/mol. The van der Waals surface area contributed by atoms with Crippen molar-refractivity contribution in [3.05, 3.63) is 18.5 Å². The Hall–Kier alpha value is -1.85. The van der Waals surface area contributed by atoms with Crippen LogP contribution in [0.25, 0.3) is 0 Å². The molecule has 2 heterocycles. The highest BCUT2D eigenvalue weighted by molar-refractivity contribution is 5.79. The number of hydrogen-bond acceptors (Lipinski definition) is 4. The molecule has 0 aliphatic carbocycles. The summed E-state index contributed by atoms with van der Waals surface area (Å²) in [7, 11) is 0. The van der Waals surface area contributed by atoms with Crippen molar-refractivity contribution in [3.8, 4) is 0 Å². The number of aliphatic imine (C=N–C) groups is 1. The topological polar surface area (TPSA) is 65.4 Å². The Kier molecular flexibility index (Phi) is 6.24. The third kappa shape index (κ3) is 4.88. The van der Waals surface area contributed by atoms with Crippen molar-refractivity contribution in [1.82, 2.24) is 20.6 Å². The van der Waals surface area contributed by atoms with Gasteiger partial charge in [0, 0.05) is 45.1 Å². The summed E-state index contributed by atoms with van der Waals surface area (Å²) >= 11 is 0. The maximum Gasteiger partial charge on any atom is 0.225 e. The molecule has 1 aliphatic rings. The summed E-state index contributed by atoms with van der Waals surface area (Å²) in [6.45, 7) is 8.82. The zero-order chi connectivity index (χ0) is 14.9. The lowest BCUT2D eigenvalue weighted by Gasteiger charge is -2.32. The van der Waals surface area contributed by atoms with E-state index < -0.39 is 0 Å². The smallest absolute Gasteiger partial charge is 0.225 e. The number of rotatable bonds is 5. The van der Waals surface area contributed by atoms with Gasteiger partial charge in [0.1, 0.15) is 0 Å². The summed E-state index contributed by atoms with van der Waals surface area (Å²) in [6, 6.07) is 1.86. The van der Waals surface area contributed by atoms with Crippen molar-refractivity contribution < 1.29 is 0 Å². The molecule has 1 aliphatic heterocycles. The van der Waals surface area contributed by atoms with Crippen molar-refractivity contribution in [3.63, 3.8) is 0 Å². The van der Waals surface area contributed by atoms with Gasteiger partial charge in [-0.15, -0.1) is 0 Å². The molecule has 1 fully saturated rings. The van der Waals surface area contributed by atoms with Gasteiger partial charge in [-0.1, -0.05) is 0 Å². The highest BCUT2D eigenvalue weighted by Crippen LogP contribution is 2.20. The molecular formula is C15H26N6. The molecule has 6 heteroatoms. The van der Waals surface area contributed by atoms with Crippen molar-refractivity contribution in [1.29, 1.82) is 0 Å². The van der Waals surface area contributed by atoms with Crippen LogP contribution >= 0.6 is 0 Å².